The first-order valence-corrected chi connectivity index (χ1v) is 12.4. The fourth-order valence-electron chi connectivity index (χ4n) is 4.19. The number of amides is 2. The maximum atomic E-state index is 13.1. The Balaban J connectivity index is 1.50. The average molecular weight is 502 g/mol. The summed E-state index contributed by atoms with van der Waals surface area (Å²) in [4.78, 5) is 42.0. The summed E-state index contributed by atoms with van der Waals surface area (Å²) >= 11 is 0. The van der Waals surface area contributed by atoms with Gasteiger partial charge in [0.2, 0.25) is 0 Å². The standard InChI is InChI=1S/C29H31N3O5/c1-3-19-37-24-12-9-21(10-13-24)27(33)30-25-20-23(29(35)36-2)11-14-26(25)31-15-17-32(18-16-31)28(34)22-7-5-4-6-8-22/h4-14,20H,3,15-19H2,1-2H3,(H,30,33). The lowest BCUT2D eigenvalue weighted by molar-refractivity contribution is 0.0600. The number of hydrogen-bond acceptors (Lipinski definition) is 6. The van der Waals surface area contributed by atoms with Gasteiger partial charge in [-0.15, -0.1) is 0 Å². The number of rotatable bonds is 8. The van der Waals surface area contributed by atoms with Crippen molar-refractivity contribution in [3.05, 3.63) is 89.5 Å². The molecule has 0 spiro atoms. The van der Waals surface area contributed by atoms with Crippen molar-refractivity contribution in [3.8, 4) is 5.75 Å². The van der Waals surface area contributed by atoms with Crippen LogP contribution in [0.5, 0.6) is 5.75 Å². The second-order valence-corrected chi connectivity index (χ2v) is 8.70. The largest absolute Gasteiger partial charge is 0.494 e. The number of anilines is 2. The number of benzene rings is 3. The Morgan fingerprint density at radius 2 is 1.51 bits per heavy atom. The van der Waals surface area contributed by atoms with E-state index in [1.165, 1.54) is 7.11 Å². The smallest absolute Gasteiger partial charge is 0.337 e. The molecule has 0 aromatic heterocycles. The molecule has 1 N–H and O–H groups in total. The Labute approximate surface area is 216 Å². The van der Waals surface area contributed by atoms with E-state index in [-0.39, 0.29) is 11.8 Å². The lowest BCUT2D eigenvalue weighted by Gasteiger charge is -2.37. The summed E-state index contributed by atoms with van der Waals surface area (Å²) in [6.07, 6.45) is 0.899. The molecule has 0 atom stereocenters. The van der Waals surface area contributed by atoms with Crippen molar-refractivity contribution in [3.63, 3.8) is 0 Å². The Morgan fingerprint density at radius 3 is 2.16 bits per heavy atom. The molecule has 3 aromatic carbocycles. The highest BCUT2D eigenvalue weighted by Crippen LogP contribution is 2.30. The molecule has 0 radical (unpaired) electrons. The van der Waals surface area contributed by atoms with E-state index in [1.54, 1.807) is 42.5 Å². The minimum Gasteiger partial charge on any atom is -0.494 e. The fraction of sp³-hybridized carbons (Fsp3) is 0.276. The number of carbonyl (C=O) groups excluding carboxylic acids is 3. The van der Waals surface area contributed by atoms with E-state index in [9.17, 15) is 14.4 Å². The molecular weight excluding hydrogens is 470 g/mol. The van der Waals surface area contributed by atoms with E-state index >= 15 is 0 Å². The van der Waals surface area contributed by atoms with E-state index in [1.807, 2.05) is 42.2 Å². The molecule has 1 fully saturated rings. The number of carbonyl (C=O) groups is 3. The molecule has 8 nitrogen and oxygen atoms in total. The van der Waals surface area contributed by atoms with Crippen molar-refractivity contribution < 1.29 is 23.9 Å². The average Bonchev–Trinajstić information content (AvgIpc) is 2.96. The van der Waals surface area contributed by atoms with Crippen LogP contribution >= 0.6 is 0 Å². The molecule has 0 saturated carbocycles. The van der Waals surface area contributed by atoms with Gasteiger partial charge < -0.3 is 24.6 Å². The van der Waals surface area contributed by atoms with Crippen molar-refractivity contribution >= 4 is 29.2 Å². The van der Waals surface area contributed by atoms with Gasteiger partial charge in [0.15, 0.2) is 0 Å². The second-order valence-electron chi connectivity index (χ2n) is 8.70. The molecule has 0 bridgehead atoms. The molecule has 0 unspecified atom stereocenters. The molecule has 192 valence electrons. The van der Waals surface area contributed by atoms with E-state index in [2.05, 4.69) is 10.2 Å². The molecule has 1 saturated heterocycles. The Kier molecular flexibility index (Phi) is 8.40. The van der Waals surface area contributed by atoms with Gasteiger partial charge >= 0.3 is 5.97 Å². The van der Waals surface area contributed by atoms with E-state index in [0.29, 0.717) is 60.9 Å². The summed E-state index contributed by atoms with van der Waals surface area (Å²) < 4.78 is 10.5. The second kappa shape index (κ2) is 12.1. The number of hydrogen-bond donors (Lipinski definition) is 1. The minimum atomic E-state index is -0.488. The van der Waals surface area contributed by atoms with Gasteiger partial charge in [0.05, 0.1) is 30.7 Å². The van der Waals surface area contributed by atoms with E-state index in [0.717, 1.165) is 12.1 Å². The van der Waals surface area contributed by atoms with Crippen LogP contribution in [0.25, 0.3) is 0 Å². The number of nitrogens with one attached hydrogen (secondary N) is 1. The monoisotopic (exact) mass is 501 g/mol. The first-order valence-electron chi connectivity index (χ1n) is 12.4. The summed E-state index contributed by atoms with van der Waals surface area (Å²) in [5.41, 5.74) is 2.74. The number of ether oxygens (including phenoxy) is 2. The zero-order chi connectivity index (χ0) is 26.2. The van der Waals surface area contributed by atoms with Crippen molar-refractivity contribution in [2.45, 2.75) is 13.3 Å². The molecule has 4 rings (SSSR count). The number of nitrogens with zero attached hydrogens (tertiary/aromatic N) is 2. The summed E-state index contributed by atoms with van der Waals surface area (Å²) in [5.74, 6) is -0.0863. The zero-order valence-corrected chi connectivity index (χ0v) is 21.1. The molecule has 1 heterocycles. The highest BCUT2D eigenvalue weighted by atomic mass is 16.5. The summed E-state index contributed by atoms with van der Waals surface area (Å²) in [5, 5.41) is 2.96. The van der Waals surface area contributed by atoms with Gasteiger partial charge in [0, 0.05) is 37.3 Å². The first kappa shape index (κ1) is 25.8. The minimum absolute atomic E-state index is 0.00109. The maximum absolute atomic E-state index is 13.1. The maximum Gasteiger partial charge on any atom is 0.337 e. The van der Waals surface area contributed by atoms with E-state index < -0.39 is 5.97 Å². The molecule has 37 heavy (non-hydrogen) atoms. The molecule has 0 aliphatic carbocycles. The van der Waals surface area contributed by atoms with Gasteiger partial charge in [-0.05, 0) is 61.0 Å². The SMILES string of the molecule is CCCOc1ccc(C(=O)Nc2cc(C(=O)OC)ccc2N2CCN(C(=O)c3ccccc3)CC2)cc1. The predicted molar refractivity (Wildman–Crippen MR) is 143 cm³/mol. The molecule has 1 aliphatic rings. The summed E-state index contributed by atoms with van der Waals surface area (Å²) in [7, 11) is 1.32. The third kappa shape index (κ3) is 6.27. The molecule has 8 heteroatoms. The number of piperazine rings is 1. The van der Waals surface area contributed by atoms with Crippen LogP contribution < -0.4 is 15.0 Å². The first-order chi connectivity index (χ1) is 18.0. The third-order valence-electron chi connectivity index (χ3n) is 6.18. The highest BCUT2D eigenvalue weighted by molar-refractivity contribution is 6.07. The summed E-state index contributed by atoms with van der Waals surface area (Å²) in [6.45, 7) is 4.89. The van der Waals surface area contributed by atoms with Crippen LogP contribution in [0.15, 0.2) is 72.8 Å². The zero-order valence-electron chi connectivity index (χ0n) is 21.1. The van der Waals surface area contributed by atoms with Crippen LogP contribution in [0.4, 0.5) is 11.4 Å². The van der Waals surface area contributed by atoms with Crippen LogP contribution in [-0.4, -0.2) is 62.6 Å². The number of esters is 1. The van der Waals surface area contributed by atoms with Crippen LogP contribution in [0.1, 0.15) is 44.4 Å². The van der Waals surface area contributed by atoms with Crippen molar-refractivity contribution in [1.29, 1.82) is 0 Å². The molecule has 2 amide bonds. The van der Waals surface area contributed by atoms with Gasteiger partial charge in [-0.25, -0.2) is 4.79 Å². The molecule has 3 aromatic rings. The lowest BCUT2D eigenvalue weighted by Crippen LogP contribution is -2.49. The molecular formula is C29H31N3O5. The van der Waals surface area contributed by atoms with Crippen LogP contribution in [0.2, 0.25) is 0 Å². The van der Waals surface area contributed by atoms with Gasteiger partial charge in [0.25, 0.3) is 11.8 Å². The van der Waals surface area contributed by atoms with Gasteiger partial charge in [-0.1, -0.05) is 25.1 Å². The topological polar surface area (TPSA) is 88.2 Å². The van der Waals surface area contributed by atoms with Gasteiger partial charge in [-0.3, -0.25) is 9.59 Å². The Morgan fingerprint density at radius 1 is 0.838 bits per heavy atom. The quantitative estimate of drug-likeness (QED) is 0.458. The Hall–Kier alpha value is -4.33. The van der Waals surface area contributed by atoms with Crippen molar-refractivity contribution in [2.24, 2.45) is 0 Å². The van der Waals surface area contributed by atoms with Gasteiger partial charge in [-0.2, -0.15) is 0 Å². The third-order valence-corrected chi connectivity index (χ3v) is 6.18. The predicted octanol–water partition coefficient (Wildman–Crippen LogP) is 4.48. The van der Waals surface area contributed by atoms with Crippen LogP contribution in [0, 0.1) is 0 Å². The van der Waals surface area contributed by atoms with Crippen molar-refractivity contribution in [2.75, 3.05) is 50.1 Å². The van der Waals surface area contributed by atoms with Crippen molar-refractivity contribution in [1.82, 2.24) is 4.90 Å². The lowest BCUT2D eigenvalue weighted by atomic mass is 10.1. The summed E-state index contributed by atoms with van der Waals surface area (Å²) in [6, 6.07) is 21.3. The Bertz CT molecular complexity index is 1240. The number of methoxy groups -OCH3 is 1. The van der Waals surface area contributed by atoms with E-state index in [4.69, 9.17) is 9.47 Å². The highest BCUT2D eigenvalue weighted by Gasteiger charge is 2.24. The van der Waals surface area contributed by atoms with Crippen LogP contribution in [0.3, 0.4) is 0 Å². The fourth-order valence-corrected chi connectivity index (χ4v) is 4.19. The molecule has 1 aliphatic heterocycles. The normalized spacial score (nSPS) is 13.1. The van der Waals surface area contributed by atoms with Gasteiger partial charge in [0.1, 0.15) is 5.75 Å². The van der Waals surface area contributed by atoms with Crippen LogP contribution in [-0.2, 0) is 4.74 Å².